The smallest absolute Gasteiger partial charge is 0.369 e. The fourth-order valence-corrected chi connectivity index (χ4v) is 3.73. The largest absolute Gasteiger partial charge is 0.411 e. The summed E-state index contributed by atoms with van der Waals surface area (Å²) < 4.78 is 42.3. The fourth-order valence-electron chi connectivity index (χ4n) is 2.66. The number of alkyl halides is 3. The Bertz CT molecular complexity index is 452. The summed E-state index contributed by atoms with van der Waals surface area (Å²) in [5.74, 6) is 0. The summed E-state index contributed by atoms with van der Waals surface area (Å²) in [4.78, 5) is 1.14. The molecule has 0 spiro atoms. The van der Waals surface area contributed by atoms with Crippen molar-refractivity contribution in [3.8, 4) is 0 Å². The Hall–Kier alpha value is -0.300. The predicted molar refractivity (Wildman–Crippen MR) is 78.9 cm³/mol. The molecule has 3 atom stereocenters. The van der Waals surface area contributed by atoms with Crippen LogP contribution in [0.1, 0.15) is 43.5 Å². The SMILES string of the molecule is CC(NC1CCCC(OCC(F)(F)F)C1)c1ccc(Cl)s1. The first-order valence-electron chi connectivity index (χ1n) is 7.03. The lowest BCUT2D eigenvalue weighted by Crippen LogP contribution is -2.39. The van der Waals surface area contributed by atoms with Crippen LogP contribution in [0, 0.1) is 0 Å². The van der Waals surface area contributed by atoms with Gasteiger partial charge in [-0.3, -0.25) is 0 Å². The predicted octanol–water partition coefficient (Wildman–Crippen LogP) is 4.94. The number of halogens is 4. The van der Waals surface area contributed by atoms with Crippen LogP contribution in [-0.4, -0.2) is 24.9 Å². The van der Waals surface area contributed by atoms with Crippen molar-refractivity contribution < 1.29 is 17.9 Å². The monoisotopic (exact) mass is 341 g/mol. The summed E-state index contributed by atoms with van der Waals surface area (Å²) >= 11 is 7.44. The zero-order valence-electron chi connectivity index (χ0n) is 11.8. The van der Waals surface area contributed by atoms with E-state index < -0.39 is 12.8 Å². The molecule has 21 heavy (non-hydrogen) atoms. The minimum atomic E-state index is -4.25. The fraction of sp³-hybridized carbons (Fsp3) is 0.714. The molecule has 1 saturated carbocycles. The van der Waals surface area contributed by atoms with Gasteiger partial charge in [0.2, 0.25) is 0 Å². The molecule has 1 fully saturated rings. The Balaban J connectivity index is 1.81. The first-order chi connectivity index (χ1) is 9.83. The van der Waals surface area contributed by atoms with Gasteiger partial charge in [0.15, 0.2) is 0 Å². The van der Waals surface area contributed by atoms with E-state index in [0.29, 0.717) is 12.8 Å². The third-order valence-corrected chi connectivity index (χ3v) is 5.03. The van der Waals surface area contributed by atoms with E-state index in [1.807, 2.05) is 19.1 Å². The maximum Gasteiger partial charge on any atom is 0.411 e. The molecule has 0 saturated heterocycles. The van der Waals surface area contributed by atoms with Crippen molar-refractivity contribution in [1.29, 1.82) is 0 Å². The molecule has 1 aliphatic rings. The maximum absolute atomic E-state index is 12.2. The van der Waals surface area contributed by atoms with Gasteiger partial charge < -0.3 is 10.1 Å². The highest BCUT2D eigenvalue weighted by molar-refractivity contribution is 7.16. The molecule has 0 amide bonds. The van der Waals surface area contributed by atoms with Crippen molar-refractivity contribution in [2.45, 2.75) is 57.0 Å². The molecule has 120 valence electrons. The topological polar surface area (TPSA) is 21.3 Å². The van der Waals surface area contributed by atoms with E-state index in [1.165, 1.54) is 11.3 Å². The van der Waals surface area contributed by atoms with Gasteiger partial charge >= 0.3 is 6.18 Å². The number of ether oxygens (including phenoxy) is 1. The minimum Gasteiger partial charge on any atom is -0.369 e. The minimum absolute atomic E-state index is 0.147. The molecule has 1 N–H and O–H groups in total. The Kier molecular flexibility index (Phi) is 5.94. The van der Waals surface area contributed by atoms with Crippen LogP contribution in [0.5, 0.6) is 0 Å². The van der Waals surface area contributed by atoms with Crippen LogP contribution in [-0.2, 0) is 4.74 Å². The second-order valence-electron chi connectivity index (χ2n) is 5.44. The highest BCUT2D eigenvalue weighted by atomic mass is 35.5. The number of hydrogen-bond acceptors (Lipinski definition) is 3. The third-order valence-electron chi connectivity index (χ3n) is 3.62. The maximum atomic E-state index is 12.2. The van der Waals surface area contributed by atoms with Crippen molar-refractivity contribution in [2.75, 3.05) is 6.61 Å². The van der Waals surface area contributed by atoms with E-state index in [-0.39, 0.29) is 18.2 Å². The van der Waals surface area contributed by atoms with Crippen LogP contribution >= 0.6 is 22.9 Å². The third kappa shape index (κ3) is 5.77. The summed E-state index contributed by atoms with van der Waals surface area (Å²) in [6.45, 7) is 0.892. The molecule has 1 heterocycles. The first-order valence-corrected chi connectivity index (χ1v) is 8.22. The van der Waals surface area contributed by atoms with Crippen molar-refractivity contribution in [3.63, 3.8) is 0 Å². The number of hydrogen-bond donors (Lipinski definition) is 1. The van der Waals surface area contributed by atoms with Gasteiger partial charge in [-0.2, -0.15) is 13.2 Å². The number of nitrogens with one attached hydrogen (secondary N) is 1. The van der Waals surface area contributed by atoms with Gasteiger partial charge in [-0.1, -0.05) is 11.6 Å². The lowest BCUT2D eigenvalue weighted by atomic mass is 9.92. The zero-order valence-corrected chi connectivity index (χ0v) is 13.3. The van der Waals surface area contributed by atoms with Gasteiger partial charge in [-0.25, -0.2) is 0 Å². The van der Waals surface area contributed by atoms with Gasteiger partial charge in [0.1, 0.15) is 6.61 Å². The Morgan fingerprint density at radius 2 is 2.19 bits per heavy atom. The highest BCUT2D eigenvalue weighted by Gasteiger charge is 2.31. The van der Waals surface area contributed by atoms with E-state index in [0.717, 1.165) is 22.1 Å². The van der Waals surface area contributed by atoms with Gasteiger partial charge in [-0.05, 0) is 44.7 Å². The van der Waals surface area contributed by atoms with E-state index in [1.54, 1.807) is 0 Å². The molecule has 0 radical (unpaired) electrons. The molecular formula is C14H19ClF3NOS. The summed E-state index contributed by atoms with van der Waals surface area (Å²) in [5.41, 5.74) is 0. The normalized spacial score (nSPS) is 25.0. The van der Waals surface area contributed by atoms with E-state index >= 15 is 0 Å². The van der Waals surface area contributed by atoms with Gasteiger partial charge in [-0.15, -0.1) is 11.3 Å². The van der Waals surface area contributed by atoms with E-state index in [4.69, 9.17) is 16.3 Å². The highest BCUT2D eigenvalue weighted by Crippen LogP contribution is 2.29. The molecule has 1 aliphatic carbocycles. The molecule has 0 aromatic carbocycles. The van der Waals surface area contributed by atoms with Crippen LogP contribution < -0.4 is 5.32 Å². The molecule has 7 heteroatoms. The zero-order chi connectivity index (χ0) is 15.5. The molecule has 3 unspecified atom stereocenters. The number of rotatable bonds is 5. The van der Waals surface area contributed by atoms with Crippen molar-refractivity contribution >= 4 is 22.9 Å². The van der Waals surface area contributed by atoms with E-state index in [9.17, 15) is 13.2 Å². The van der Waals surface area contributed by atoms with Gasteiger partial charge in [0.05, 0.1) is 10.4 Å². The average Bonchev–Trinajstić information content (AvgIpc) is 2.83. The summed E-state index contributed by atoms with van der Waals surface area (Å²) in [6, 6.07) is 4.17. The average molecular weight is 342 g/mol. The van der Waals surface area contributed by atoms with Crippen molar-refractivity contribution in [3.05, 3.63) is 21.3 Å². The van der Waals surface area contributed by atoms with Crippen molar-refractivity contribution in [2.24, 2.45) is 0 Å². The Morgan fingerprint density at radius 1 is 1.43 bits per heavy atom. The van der Waals surface area contributed by atoms with Crippen LogP contribution in [0.2, 0.25) is 4.34 Å². The van der Waals surface area contributed by atoms with Crippen LogP contribution in [0.3, 0.4) is 0 Å². The Labute approximate surface area is 131 Å². The van der Waals surface area contributed by atoms with Crippen LogP contribution in [0.25, 0.3) is 0 Å². The van der Waals surface area contributed by atoms with Crippen LogP contribution in [0.15, 0.2) is 12.1 Å². The molecule has 1 aromatic rings. The lowest BCUT2D eigenvalue weighted by molar-refractivity contribution is -0.188. The van der Waals surface area contributed by atoms with Gasteiger partial charge in [0.25, 0.3) is 0 Å². The lowest BCUT2D eigenvalue weighted by Gasteiger charge is -2.32. The molecular weight excluding hydrogens is 323 g/mol. The standard InChI is InChI=1S/C14H19ClF3NOS/c1-9(12-5-6-13(15)21-12)19-10-3-2-4-11(7-10)20-8-14(16,17)18/h5-6,9-11,19H,2-4,7-8H2,1H3. The summed E-state index contributed by atoms with van der Waals surface area (Å²) in [6.07, 6.45) is -1.38. The quantitative estimate of drug-likeness (QED) is 0.818. The summed E-state index contributed by atoms with van der Waals surface area (Å²) in [7, 11) is 0. The molecule has 0 bridgehead atoms. The molecule has 1 aromatic heterocycles. The Morgan fingerprint density at radius 3 is 2.81 bits per heavy atom. The first kappa shape index (κ1) is 17.1. The second kappa shape index (κ2) is 7.31. The van der Waals surface area contributed by atoms with Crippen LogP contribution in [0.4, 0.5) is 13.2 Å². The molecule has 0 aliphatic heterocycles. The molecule has 2 nitrogen and oxygen atoms in total. The molecule has 2 rings (SSSR count). The summed E-state index contributed by atoms with van der Waals surface area (Å²) in [5, 5.41) is 3.47. The van der Waals surface area contributed by atoms with Gasteiger partial charge in [0, 0.05) is 17.0 Å². The second-order valence-corrected chi connectivity index (χ2v) is 7.19. The van der Waals surface area contributed by atoms with Crippen molar-refractivity contribution in [1.82, 2.24) is 5.32 Å². The van der Waals surface area contributed by atoms with E-state index in [2.05, 4.69) is 5.32 Å². The number of thiophene rings is 1.